The van der Waals surface area contributed by atoms with E-state index in [1.807, 2.05) is 49.6 Å². The maximum Gasteiger partial charge on any atom is 0.266 e. The monoisotopic (exact) mass is 379 g/mol. The third-order valence-corrected chi connectivity index (χ3v) is 5.97. The fourth-order valence-corrected chi connectivity index (χ4v) is 4.62. The highest BCUT2D eigenvalue weighted by atomic mass is 32.2. The van der Waals surface area contributed by atoms with E-state index in [0.29, 0.717) is 21.7 Å². The minimum absolute atomic E-state index is 0.00235. The van der Waals surface area contributed by atoms with Crippen LogP contribution >= 0.6 is 23.1 Å². The Bertz CT molecular complexity index is 1050. The first-order valence-electron chi connectivity index (χ1n) is 8.35. The smallest absolute Gasteiger partial charge is 0.266 e. The molecule has 0 unspecified atom stereocenters. The minimum Gasteiger partial charge on any atom is -0.287 e. The predicted octanol–water partition coefficient (Wildman–Crippen LogP) is 5.23. The number of amidine groups is 1. The summed E-state index contributed by atoms with van der Waals surface area (Å²) in [7, 11) is 0. The van der Waals surface area contributed by atoms with Crippen LogP contribution in [0.2, 0.25) is 0 Å². The third-order valence-electron chi connectivity index (χ3n) is 4.11. The lowest BCUT2D eigenvalue weighted by Crippen LogP contribution is -2.28. The Morgan fingerprint density at radius 2 is 2.00 bits per heavy atom. The van der Waals surface area contributed by atoms with Crippen molar-refractivity contribution in [2.75, 3.05) is 6.54 Å². The van der Waals surface area contributed by atoms with E-state index in [1.165, 1.54) is 23.1 Å². The topological polar surface area (TPSA) is 45.6 Å². The lowest BCUT2D eigenvalue weighted by atomic mass is 10.0. The van der Waals surface area contributed by atoms with Crippen molar-refractivity contribution < 1.29 is 4.79 Å². The second kappa shape index (κ2) is 7.05. The van der Waals surface area contributed by atoms with Crippen molar-refractivity contribution in [2.45, 2.75) is 13.8 Å². The third kappa shape index (κ3) is 3.18. The molecule has 0 aliphatic carbocycles. The molecule has 3 aromatic rings. The van der Waals surface area contributed by atoms with E-state index in [9.17, 15) is 4.79 Å². The van der Waals surface area contributed by atoms with Gasteiger partial charge in [0.25, 0.3) is 5.91 Å². The van der Waals surface area contributed by atoms with Crippen molar-refractivity contribution in [3.63, 3.8) is 0 Å². The Morgan fingerprint density at radius 3 is 2.77 bits per heavy atom. The number of rotatable bonds is 3. The van der Waals surface area contributed by atoms with E-state index in [4.69, 9.17) is 0 Å². The predicted molar refractivity (Wildman–Crippen MR) is 111 cm³/mol. The van der Waals surface area contributed by atoms with E-state index in [-0.39, 0.29) is 5.91 Å². The first-order chi connectivity index (χ1) is 12.7. The summed E-state index contributed by atoms with van der Waals surface area (Å²) in [5.74, 6) is -0.00235. The summed E-state index contributed by atoms with van der Waals surface area (Å²) >= 11 is 2.90. The molecule has 0 spiro atoms. The number of aromatic nitrogens is 1. The van der Waals surface area contributed by atoms with Gasteiger partial charge in [-0.2, -0.15) is 4.99 Å². The second-order valence-corrected chi connectivity index (χ2v) is 7.74. The summed E-state index contributed by atoms with van der Waals surface area (Å²) in [6, 6.07) is 14.3. The molecule has 0 bridgehead atoms. The number of nitrogens with zero attached hydrogens (tertiary/aromatic N) is 3. The van der Waals surface area contributed by atoms with Crippen molar-refractivity contribution in [1.29, 1.82) is 0 Å². The Labute approximate surface area is 160 Å². The van der Waals surface area contributed by atoms with Gasteiger partial charge in [-0.25, -0.2) is 4.98 Å². The Kier molecular flexibility index (Phi) is 4.61. The zero-order valence-corrected chi connectivity index (χ0v) is 16.1. The van der Waals surface area contributed by atoms with Crippen molar-refractivity contribution in [3.05, 3.63) is 64.0 Å². The fourth-order valence-electron chi connectivity index (χ4n) is 2.86. The molecule has 0 radical (unpaired) electrons. The number of amides is 1. The zero-order chi connectivity index (χ0) is 18.1. The Hall–Kier alpha value is -2.44. The van der Waals surface area contributed by atoms with Crippen LogP contribution in [0.3, 0.4) is 0 Å². The second-order valence-electron chi connectivity index (χ2n) is 5.89. The lowest BCUT2D eigenvalue weighted by Gasteiger charge is -2.11. The van der Waals surface area contributed by atoms with Crippen LogP contribution in [0.1, 0.15) is 18.2 Å². The highest BCUT2D eigenvalue weighted by Gasteiger charge is 2.32. The van der Waals surface area contributed by atoms with Gasteiger partial charge in [0.2, 0.25) is 5.13 Å². The molecular formula is C20H17N3OS2. The van der Waals surface area contributed by atoms with E-state index >= 15 is 0 Å². The first-order valence-corrected chi connectivity index (χ1v) is 10.1. The molecule has 2 heterocycles. The molecule has 1 aliphatic heterocycles. The van der Waals surface area contributed by atoms with Gasteiger partial charge in [-0.3, -0.25) is 9.69 Å². The van der Waals surface area contributed by atoms with Crippen molar-refractivity contribution in [1.82, 2.24) is 9.88 Å². The summed E-state index contributed by atoms with van der Waals surface area (Å²) in [6.07, 6.45) is 1.97. The Morgan fingerprint density at radius 1 is 1.19 bits per heavy atom. The number of carbonyl (C=O) groups excluding carboxylic acids is 1. The molecule has 2 aromatic carbocycles. The van der Waals surface area contributed by atoms with Crippen LogP contribution in [-0.4, -0.2) is 27.5 Å². The molecule has 0 atom stereocenters. The molecule has 1 saturated heterocycles. The molecule has 130 valence electrons. The number of aryl methyl sites for hydroxylation is 1. The maximum absolute atomic E-state index is 12.8. The summed E-state index contributed by atoms with van der Waals surface area (Å²) in [4.78, 5) is 24.2. The quantitative estimate of drug-likeness (QED) is 0.586. The average molecular weight is 380 g/mol. The fraction of sp³-hybridized carbons (Fsp3) is 0.150. The molecule has 0 N–H and O–H groups in total. The van der Waals surface area contributed by atoms with Crippen LogP contribution in [0.5, 0.6) is 0 Å². The summed E-state index contributed by atoms with van der Waals surface area (Å²) in [6.45, 7) is 4.49. The molecule has 4 nitrogen and oxygen atoms in total. The standard InChI is InChI=1S/C20H17N3OS2/c1-3-23-18(24)17(26-20(23)22-19-21-13(2)12-25-19)11-15-9-6-8-14-7-4-5-10-16(14)15/h4-12H,3H2,1-2H3/b17-11-,22-20+. The molecule has 1 aromatic heterocycles. The van der Waals surface area contributed by atoms with E-state index in [2.05, 4.69) is 28.2 Å². The molecule has 0 saturated carbocycles. The highest BCUT2D eigenvalue weighted by molar-refractivity contribution is 8.18. The van der Waals surface area contributed by atoms with Crippen LogP contribution in [0.25, 0.3) is 16.8 Å². The van der Waals surface area contributed by atoms with Crippen LogP contribution in [0.4, 0.5) is 5.13 Å². The van der Waals surface area contributed by atoms with Gasteiger partial charge in [0.15, 0.2) is 5.17 Å². The lowest BCUT2D eigenvalue weighted by molar-refractivity contribution is -0.122. The summed E-state index contributed by atoms with van der Waals surface area (Å²) < 4.78 is 0. The number of hydrogen-bond donors (Lipinski definition) is 0. The Balaban J connectivity index is 1.74. The molecule has 1 amide bonds. The number of likely N-dealkylation sites (N-methyl/N-ethyl adjacent to an activating group) is 1. The number of aliphatic imine (C=N–C) groups is 1. The van der Waals surface area contributed by atoms with Crippen LogP contribution in [-0.2, 0) is 4.79 Å². The largest absolute Gasteiger partial charge is 0.287 e. The first kappa shape index (κ1) is 17.0. The number of hydrogen-bond acceptors (Lipinski definition) is 5. The van der Waals surface area contributed by atoms with Gasteiger partial charge in [-0.05, 0) is 48.0 Å². The minimum atomic E-state index is -0.00235. The van der Waals surface area contributed by atoms with Gasteiger partial charge >= 0.3 is 0 Å². The number of fused-ring (bicyclic) bond motifs is 1. The zero-order valence-electron chi connectivity index (χ0n) is 14.5. The molecule has 1 fully saturated rings. The van der Waals surface area contributed by atoms with E-state index < -0.39 is 0 Å². The summed E-state index contributed by atoms with van der Waals surface area (Å²) in [5.41, 5.74) is 1.99. The SMILES string of the molecule is CCN1C(=O)/C(=C/c2cccc3ccccc23)S/C1=N/c1nc(C)cs1. The van der Waals surface area contributed by atoms with Gasteiger partial charge in [0.05, 0.1) is 10.6 Å². The average Bonchev–Trinajstić information content (AvgIpc) is 3.18. The number of thioether (sulfide) groups is 1. The van der Waals surface area contributed by atoms with E-state index in [0.717, 1.165) is 22.0 Å². The highest BCUT2D eigenvalue weighted by Crippen LogP contribution is 2.35. The molecule has 4 rings (SSSR count). The number of benzene rings is 2. The maximum atomic E-state index is 12.8. The van der Waals surface area contributed by atoms with Gasteiger partial charge in [-0.15, -0.1) is 11.3 Å². The number of thiazole rings is 1. The summed E-state index contributed by atoms with van der Waals surface area (Å²) in [5, 5.41) is 5.64. The van der Waals surface area contributed by atoms with Crippen LogP contribution < -0.4 is 0 Å². The van der Waals surface area contributed by atoms with Gasteiger partial charge in [0, 0.05) is 11.9 Å². The molecule has 1 aliphatic rings. The van der Waals surface area contributed by atoms with Crippen molar-refractivity contribution in [3.8, 4) is 0 Å². The van der Waals surface area contributed by atoms with Crippen LogP contribution in [0, 0.1) is 6.92 Å². The van der Waals surface area contributed by atoms with Crippen molar-refractivity contribution >= 4 is 56.2 Å². The molecular weight excluding hydrogens is 362 g/mol. The van der Waals surface area contributed by atoms with Gasteiger partial charge in [0.1, 0.15) is 0 Å². The molecule has 6 heteroatoms. The van der Waals surface area contributed by atoms with Crippen LogP contribution in [0.15, 0.2) is 57.7 Å². The number of carbonyl (C=O) groups is 1. The van der Waals surface area contributed by atoms with E-state index in [1.54, 1.807) is 4.90 Å². The van der Waals surface area contributed by atoms with Gasteiger partial charge < -0.3 is 0 Å². The normalized spacial score (nSPS) is 17.8. The van der Waals surface area contributed by atoms with Gasteiger partial charge in [-0.1, -0.05) is 42.5 Å². The van der Waals surface area contributed by atoms with Crippen molar-refractivity contribution in [2.24, 2.45) is 4.99 Å². The molecule has 26 heavy (non-hydrogen) atoms.